The van der Waals surface area contributed by atoms with Gasteiger partial charge in [0.05, 0.1) is 17.5 Å². The summed E-state index contributed by atoms with van der Waals surface area (Å²) in [6, 6.07) is 10.8. The van der Waals surface area contributed by atoms with E-state index in [4.69, 9.17) is 11.6 Å². The van der Waals surface area contributed by atoms with E-state index < -0.39 is 10.0 Å². The lowest BCUT2D eigenvalue weighted by molar-refractivity contribution is -0.138. The van der Waals surface area contributed by atoms with Crippen molar-refractivity contribution in [2.45, 2.75) is 31.2 Å². The third kappa shape index (κ3) is 3.06. The molecule has 0 spiro atoms. The summed E-state index contributed by atoms with van der Waals surface area (Å²) in [5.41, 5.74) is 3.92. The third-order valence-electron chi connectivity index (χ3n) is 5.50. The SMILES string of the molecule is Cc1ccc2c(c1)CCN1C(=O)CN(S(=O)(=O)c3cccc(Cl)c3C)CC21. The highest BCUT2D eigenvalue weighted by atomic mass is 35.5. The molecule has 2 aromatic carbocycles. The van der Waals surface area contributed by atoms with Crippen molar-refractivity contribution in [3.8, 4) is 0 Å². The average molecular weight is 405 g/mol. The quantitative estimate of drug-likeness (QED) is 0.772. The molecule has 0 radical (unpaired) electrons. The smallest absolute Gasteiger partial charge is 0.243 e. The molecule has 2 aromatic rings. The highest BCUT2D eigenvalue weighted by Crippen LogP contribution is 2.36. The summed E-state index contributed by atoms with van der Waals surface area (Å²) >= 11 is 6.12. The predicted molar refractivity (Wildman–Crippen MR) is 104 cm³/mol. The van der Waals surface area contributed by atoms with Gasteiger partial charge in [-0.15, -0.1) is 0 Å². The van der Waals surface area contributed by atoms with Crippen LogP contribution >= 0.6 is 11.6 Å². The molecule has 1 atom stereocenters. The summed E-state index contributed by atoms with van der Waals surface area (Å²) in [6.07, 6.45) is 0.805. The molecular formula is C20H21ClN2O3S. The van der Waals surface area contributed by atoms with Crippen LogP contribution in [0, 0.1) is 13.8 Å². The number of amides is 1. The molecule has 0 bridgehead atoms. The van der Waals surface area contributed by atoms with Gasteiger partial charge in [0.1, 0.15) is 0 Å². The number of sulfonamides is 1. The number of rotatable bonds is 2. The first-order valence-electron chi connectivity index (χ1n) is 8.93. The molecule has 0 aromatic heterocycles. The van der Waals surface area contributed by atoms with E-state index in [0.29, 0.717) is 17.1 Å². The Morgan fingerprint density at radius 1 is 1.15 bits per heavy atom. The van der Waals surface area contributed by atoms with Crippen molar-refractivity contribution in [3.05, 3.63) is 63.7 Å². The van der Waals surface area contributed by atoms with Gasteiger partial charge in [0.2, 0.25) is 15.9 Å². The van der Waals surface area contributed by atoms with E-state index in [1.807, 2.05) is 24.0 Å². The van der Waals surface area contributed by atoms with Crippen LogP contribution in [0.5, 0.6) is 0 Å². The highest BCUT2D eigenvalue weighted by Gasteiger charge is 2.41. The maximum absolute atomic E-state index is 13.2. The van der Waals surface area contributed by atoms with Crippen LogP contribution in [0.2, 0.25) is 5.02 Å². The van der Waals surface area contributed by atoms with Crippen molar-refractivity contribution in [1.29, 1.82) is 0 Å². The second-order valence-corrected chi connectivity index (χ2v) is 9.53. The Labute approximate surface area is 164 Å². The molecule has 2 aliphatic rings. The first-order chi connectivity index (χ1) is 12.8. The van der Waals surface area contributed by atoms with Gasteiger partial charge in [0.15, 0.2) is 0 Å². The van der Waals surface area contributed by atoms with E-state index >= 15 is 0 Å². The Kier molecular flexibility index (Phi) is 4.53. The molecular weight excluding hydrogens is 384 g/mol. The largest absolute Gasteiger partial charge is 0.333 e. The molecule has 27 heavy (non-hydrogen) atoms. The molecule has 1 unspecified atom stereocenters. The molecule has 2 heterocycles. The number of carbonyl (C=O) groups excluding carboxylic acids is 1. The van der Waals surface area contributed by atoms with E-state index in [1.165, 1.54) is 15.4 Å². The first-order valence-corrected chi connectivity index (χ1v) is 10.7. The molecule has 142 valence electrons. The van der Waals surface area contributed by atoms with Gasteiger partial charge in [-0.1, -0.05) is 41.4 Å². The Bertz CT molecular complexity index is 1040. The second-order valence-electron chi connectivity index (χ2n) is 7.22. The zero-order valence-corrected chi connectivity index (χ0v) is 16.8. The molecule has 0 N–H and O–H groups in total. The van der Waals surface area contributed by atoms with Crippen molar-refractivity contribution >= 4 is 27.5 Å². The summed E-state index contributed by atoms with van der Waals surface area (Å²) in [5, 5.41) is 0.402. The molecule has 2 aliphatic heterocycles. The third-order valence-corrected chi connectivity index (χ3v) is 7.87. The number of hydrogen-bond acceptors (Lipinski definition) is 3. The van der Waals surface area contributed by atoms with E-state index in [2.05, 4.69) is 6.07 Å². The van der Waals surface area contributed by atoms with Gasteiger partial charge < -0.3 is 4.90 Å². The van der Waals surface area contributed by atoms with Crippen molar-refractivity contribution in [1.82, 2.24) is 9.21 Å². The number of aryl methyl sites for hydroxylation is 1. The number of hydrogen-bond donors (Lipinski definition) is 0. The number of benzene rings is 2. The maximum Gasteiger partial charge on any atom is 0.243 e. The van der Waals surface area contributed by atoms with Gasteiger partial charge >= 0.3 is 0 Å². The summed E-state index contributed by atoms with van der Waals surface area (Å²) in [5.74, 6) is -0.152. The minimum absolute atomic E-state index is 0.133. The number of fused-ring (bicyclic) bond motifs is 3. The molecule has 0 saturated carbocycles. The van der Waals surface area contributed by atoms with E-state index in [-0.39, 0.29) is 29.9 Å². The highest BCUT2D eigenvalue weighted by molar-refractivity contribution is 7.89. The molecule has 1 amide bonds. The van der Waals surface area contributed by atoms with Gasteiger partial charge in [-0.25, -0.2) is 8.42 Å². The van der Waals surface area contributed by atoms with Gasteiger partial charge in [0, 0.05) is 18.1 Å². The molecule has 7 heteroatoms. The fourth-order valence-corrected chi connectivity index (χ4v) is 5.90. The van der Waals surface area contributed by atoms with Gasteiger partial charge in [-0.2, -0.15) is 4.31 Å². The Morgan fingerprint density at radius 3 is 2.70 bits per heavy atom. The number of piperazine rings is 1. The minimum atomic E-state index is -3.81. The monoisotopic (exact) mass is 404 g/mol. The fraction of sp³-hybridized carbons (Fsp3) is 0.350. The first kappa shape index (κ1) is 18.5. The number of carbonyl (C=O) groups is 1. The van der Waals surface area contributed by atoms with Gasteiger partial charge in [-0.05, 0) is 49.1 Å². The molecule has 5 nitrogen and oxygen atoms in total. The van der Waals surface area contributed by atoms with E-state index in [1.54, 1.807) is 25.1 Å². The van der Waals surface area contributed by atoms with Crippen LogP contribution in [0.3, 0.4) is 0 Å². The van der Waals surface area contributed by atoms with Crippen molar-refractivity contribution in [2.24, 2.45) is 0 Å². The predicted octanol–water partition coefficient (Wildman–Crippen LogP) is 3.09. The average Bonchev–Trinajstić information content (AvgIpc) is 2.63. The standard InChI is InChI=1S/C20H21ClN2O3S/c1-13-6-7-16-15(10-13)8-9-23-18(16)11-22(12-20(23)24)27(25,26)19-5-3-4-17(21)14(19)2/h3-7,10,18H,8-9,11-12H2,1-2H3. The number of nitrogens with zero attached hydrogens (tertiary/aromatic N) is 2. The summed E-state index contributed by atoms with van der Waals surface area (Å²) in [4.78, 5) is 14.7. The van der Waals surface area contributed by atoms with Crippen LogP contribution in [-0.2, 0) is 21.2 Å². The Hall–Kier alpha value is -1.89. The van der Waals surface area contributed by atoms with E-state index in [0.717, 1.165) is 12.0 Å². The minimum Gasteiger partial charge on any atom is -0.333 e. The van der Waals surface area contributed by atoms with Crippen molar-refractivity contribution in [3.63, 3.8) is 0 Å². The van der Waals surface area contributed by atoms with Crippen LogP contribution in [0.1, 0.15) is 28.3 Å². The summed E-state index contributed by atoms with van der Waals surface area (Å²) in [7, 11) is -3.81. The zero-order chi connectivity index (χ0) is 19.3. The number of halogens is 1. The second kappa shape index (κ2) is 6.62. The summed E-state index contributed by atoms with van der Waals surface area (Å²) < 4.78 is 27.8. The molecule has 4 rings (SSSR count). The molecule has 1 fully saturated rings. The van der Waals surface area contributed by atoms with Crippen LogP contribution in [0.4, 0.5) is 0 Å². The van der Waals surface area contributed by atoms with Crippen LogP contribution in [-0.4, -0.2) is 43.2 Å². The van der Waals surface area contributed by atoms with Crippen LogP contribution in [0.15, 0.2) is 41.3 Å². The van der Waals surface area contributed by atoms with Crippen molar-refractivity contribution < 1.29 is 13.2 Å². The van der Waals surface area contributed by atoms with Crippen molar-refractivity contribution in [2.75, 3.05) is 19.6 Å². The maximum atomic E-state index is 13.2. The fourth-order valence-electron chi connectivity index (χ4n) is 4.02. The lowest BCUT2D eigenvalue weighted by atomic mass is 9.90. The normalized spacial score (nSPS) is 20.3. The molecule has 0 aliphatic carbocycles. The lowest BCUT2D eigenvalue weighted by Gasteiger charge is -2.44. The zero-order valence-electron chi connectivity index (χ0n) is 15.3. The van der Waals surface area contributed by atoms with Gasteiger partial charge in [0.25, 0.3) is 0 Å². The van der Waals surface area contributed by atoms with E-state index in [9.17, 15) is 13.2 Å². The topological polar surface area (TPSA) is 57.7 Å². The Morgan fingerprint density at radius 2 is 1.93 bits per heavy atom. The van der Waals surface area contributed by atoms with Gasteiger partial charge in [-0.3, -0.25) is 4.79 Å². The van der Waals surface area contributed by atoms with Crippen LogP contribution < -0.4 is 0 Å². The summed E-state index contributed by atoms with van der Waals surface area (Å²) in [6.45, 7) is 4.48. The molecule has 1 saturated heterocycles. The lowest BCUT2D eigenvalue weighted by Crippen LogP contribution is -2.55. The van der Waals surface area contributed by atoms with Crippen LogP contribution in [0.25, 0.3) is 0 Å². The Balaban J connectivity index is 1.74.